The van der Waals surface area contributed by atoms with Crippen molar-refractivity contribution in [1.29, 1.82) is 0 Å². The normalized spacial score (nSPS) is 11.6. The van der Waals surface area contributed by atoms with Crippen molar-refractivity contribution in [3.63, 3.8) is 0 Å². The maximum Gasteiger partial charge on any atom is 0.419 e. The summed E-state index contributed by atoms with van der Waals surface area (Å²) >= 11 is 0. The van der Waals surface area contributed by atoms with E-state index < -0.39 is 40.9 Å². The highest BCUT2D eigenvalue weighted by Gasteiger charge is 2.35. The van der Waals surface area contributed by atoms with E-state index in [0.717, 1.165) is 31.4 Å². The first kappa shape index (κ1) is 23.0. The molecule has 6 nitrogen and oxygen atoms in total. The average molecular weight is 428 g/mol. The fourth-order valence-electron chi connectivity index (χ4n) is 2.39. The van der Waals surface area contributed by atoms with E-state index in [1.54, 1.807) is 20.8 Å². The van der Waals surface area contributed by atoms with Crippen LogP contribution in [0.2, 0.25) is 0 Å². The second-order valence-corrected chi connectivity index (χ2v) is 7.19. The molecule has 0 unspecified atom stereocenters. The average Bonchev–Trinajstić information content (AvgIpc) is 2.61. The quantitative estimate of drug-likeness (QED) is 0.635. The van der Waals surface area contributed by atoms with Gasteiger partial charge in [-0.3, -0.25) is 10.1 Å². The van der Waals surface area contributed by atoms with Crippen molar-refractivity contribution < 1.29 is 36.6 Å². The molecule has 30 heavy (non-hydrogen) atoms. The largest absolute Gasteiger partial charge is 0.496 e. The van der Waals surface area contributed by atoms with Crippen molar-refractivity contribution in [2.45, 2.75) is 32.5 Å². The molecule has 10 heteroatoms. The summed E-state index contributed by atoms with van der Waals surface area (Å²) in [5, 5.41) is 4.57. The van der Waals surface area contributed by atoms with E-state index in [4.69, 9.17) is 4.74 Å². The summed E-state index contributed by atoms with van der Waals surface area (Å²) in [6.07, 6.45) is -5.54. The van der Waals surface area contributed by atoms with Crippen LogP contribution in [-0.4, -0.2) is 24.7 Å². The summed E-state index contributed by atoms with van der Waals surface area (Å²) in [6, 6.07) is 6.06. The summed E-state index contributed by atoms with van der Waals surface area (Å²) in [5.41, 5.74) is -2.47. The van der Waals surface area contributed by atoms with Crippen LogP contribution in [0.25, 0.3) is 0 Å². The van der Waals surface area contributed by atoms with Gasteiger partial charge >= 0.3 is 12.3 Å². The highest BCUT2D eigenvalue weighted by atomic mass is 19.4. The molecule has 0 spiro atoms. The topological polar surface area (TPSA) is 76.7 Å². The first-order valence-electron chi connectivity index (χ1n) is 8.66. The van der Waals surface area contributed by atoms with Crippen molar-refractivity contribution in [3.05, 3.63) is 53.3 Å². The van der Waals surface area contributed by atoms with E-state index in [9.17, 15) is 27.2 Å². The van der Waals surface area contributed by atoms with Crippen LogP contribution >= 0.6 is 0 Å². The molecule has 0 aliphatic heterocycles. The van der Waals surface area contributed by atoms with Crippen LogP contribution in [0.15, 0.2) is 36.4 Å². The van der Waals surface area contributed by atoms with Crippen molar-refractivity contribution in [3.8, 4) is 5.75 Å². The van der Waals surface area contributed by atoms with Crippen molar-refractivity contribution in [2.24, 2.45) is 0 Å². The van der Waals surface area contributed by atoms with Crippen LogP contribution in [-0.2, 0) is 10.9 Å². The Hall–Kier alpha value is -3.30. The Kier molecular flexibility index (Phi) is 6.59. The van der Waals surface area contributed by atoms with Gasteiger partial charge in [0.05, 0.1) is 18.4 Å². The van der Waals surface area contributed by atoms with Gasteiger partial charge in [0, 0.05) is 11.3 Å². The predicted molar refractivity (Wildman–Crippen MR) is 102 cm³/mol. The number of amides is 2. The Labute approximate surface area is 170 Å². The van der Waals surface area contributed by atoms with E-state index >= 15 is 0 Å². The van der Waals surface area contributed by atoms with Gasteiger partial charge in [-0.2, -0.15) is 13.2 Å². The van der Waals surface area contributed by atoms with Crippen molar-refractivity contribution >= 4 is 23.4 Å². The molecule has 0 atom stereocenters. The van der Waals surface area contributed by atoms with Gasteiger partial charge in [-0.15, -0.1) is 0 Å². The number of anilines is 2. The van der Waals surface area contributed by atoms with E-state index in [0.29, 0.717) is 6.07 Å². The first-order valence-corrected chi connectivity index (χ1v) is 8.66. The van der Waals surface area contributed by atoms with Gasteiger partial charge in [0.25, 0.3) is 5.91 Å². The third-order valence-electron chi connectivity index (χ3n) is 3.63. The molecule has 0 aromatic heterocycles. The molecule has 2 rings (SSSR count). The number of carbonyl (C=O) groups excluding carboxylic acids is 2. The van der Waals surface area contributed by atoms with Crippen LogP contribution in [0.3, 0.4) is 0 Å². The molecule has 2 amide bonds. The Bertz CT molecular complexity index is 953. The standard InChI is InChI=1S/C20H20F4N2O4/c1-19(2,3)30-18(28)25-12-6-7-14(21)15(10-12)26-17(27)11-5-8-16(29-4)13(9-11)20(22,23)24/h5-10H,1-4H3,(H,25,28)(H,26,27). The third-order valence-corrected chi connectivity index (χ3v) is 3.63. The Morgan fingerprint density at radius 1 is 0.967 bits per heavy atom. The zero-order chi connectivity index (χ0) is 22.7. The molecule has 2 N–H and O–H groups in total. The maximum atomic E-state index is 14.1. The number of rotatable bonds is 4. The monoisotopic (exact) mass is 428 g/mol. The molecule has 0 fully saturated rings. The van der Waals surface area contributed by atoms with E-state index in [1.807, 2.05) is 0 Å². The molecule has 0 aliphatic rings. The second-order valence-electron chi connectivity index (χ2n) is 7.19. The molecule has 0 radical (unpaired) electrons. The van der Waals surface area contributed by atoms with E-state index in [2.05, 4.69) is 15.4 Å². The minimum atomic E-state index is -4.75. The number of hydrogen-bond donors (Lipinski definition) is 2. The SMILES string of the molecule is COc1ccc(C(=O)Nc2cc(NC(=O)OC(C)(C)C)ccc2F)cc1C(F)(F)F. The lowest BCUT2D eigenvalue weighted by Crippen LogP contribution is -2.27. The lowest BCUT2D eigenvalue weighted by atomic mass is 10.1. The summed E-state index contributed by atoms with van der Waals surface area (Å²) in [5.74, 6) is -2.27. The van der Waals surface area contributed by atoms with Gasteiger partial charge in [0.15, 0.2) is 0 Å². The molecule has 0 saturated carbocycles. The van der Waals surface area contributed by atoms with Crippen LogP contribution in [0.5, 0.6) is 5.75 Å². The minimum Gasteiger partial charge on any atom is -0.496 e. The van der Waals surface area contributed by atoms with Gasteiger partial charge in [0.1, 0.15) is 17.2 Å². The molecular formula is C20H20F4N2O4. The van der Waals surface area contributed by atoms with Crippen LogP contribution in [0.1, 0.15) is 36.7 Å². The minimum absolute atomic E-state index is 0.117. The van der Waals surface area contributed by atoms with Crippen molar-refractivity contribution in [1.82, 2.24) is 0 Å². The third kappa shape index (κ3) is 6.10. The number of methoxy groups -OCH3 is 1. The van der Waals surface area contributed by atoms with E-state index in [1.165, 1.54) is 6.07 Å². The number of benzene rings is 2. The molecule has 0 heterocycles. The molecule has 0 aliphatic carbocycles. The number of ether oxygens (including phenoxy) is 2. The Morgan fingerprint density at radius 3 is 2.20 bits per heavy atom. The first-order chi connectivity index (χ1) is 13.8. The maximum absolute atomic E-state index is 14.1. The number of alkyl halides is 3. The lowest BCUT2D eigenvalue weighted by Gasteiger charge is -2.20. The summed E-state index contributed by atoms with van der Waals surface area (Å²) in [6.45, 7) is 4.98. The molecular weight excluding hydrogens is 408 g/mol. The van der Waals surface area contributed by atoms with Gasteiger partial charge in [-0.1, -0.05) is 0 Å². The molecule has 0 saturated heterocycles. The molecule has 162 valence electrons. The second kappa shape index (κ2) is 8.60. The molecule has 0 bridgehead atoms. The smallest absolute Gasteiger partial charge is 0.419 e. The zero-order valence-electron chi connectivity index (χ0n) is 16.6. The molecule has 2 aromatic carbocycles. The fraction of sp³-hybridized carbons (Fsp3) is 0.300. The van der Waals surface area contributed by atoms with Crippen molar-refractivity contribution in [2.75, 3.05) is 17.7 Å². The Balaban J connectivity index is 2.24. The van der Waals surface area contributed by atoms with Crippen LogP contribution in [0.4, 0.5) is 33.7 Å². The van der Waals surface area contributed by atoms with Gasteiger partial charge < -0.3 is 14.8 Å². The molecule has 2 aromatic rings. The number of carbonyl (C=O) groups is 2. The lowest BCUT2D eigenvalue weighted by molar-refractivity contribution is -0.138. The highest BCUT2D eigenvalue weighted by molar-refractivity contribution is 6.05. The van der Waals surface area contributed by atoms with E-state index in [-0.39, 0.29) is 16.9 Å². The fourth-order valence-corrected chi connectivity index (χ4v) is 2.39. The van der Waals surface area contributed by atoms with Crippen LogP contribution < -0.4 is 15.4 Å². The number of nitrogens with one attached hydrogen (secondary N) is 2. The summed E-state index contributed by atoms with van der Waals surface area (Å²) in [4.78, 5) is 24.2. The number of hydrogen-bond acceptors (Lipinski definition) is 4. The summed E-state index contributed by atoms with van der Waals surface area (Å²) < 4.78 is 63.2. The van der Waals surface area contributed by atoms with Crippen LogP contribution in [0, 0.1) is 5.82 Å². The van der Waals surface area contributed by atoms with Gasteiger partial charge in [-0.25, -0.2) is 9.18 Å². The number of halogens is 4. The Morgan fingerprint density at radius 2 is 1.63 bits per heavy atom. The zero-order valence-corrected chi connectivity index (χ0v) is 16.6. The van der Waals surface area contributed by atoms with Gasteiger partial charge in [-0.05, 0) is 57.2 Å². The predicted octanol–water partition coefficient (Wildman–Crippen LogP) is 5.45. The highest BCUT2D eigenvalue weighted by Crippen LogP contribution is 2.36. The van der Waals surface area contributed by atoms with Gasteiger partial charge in [0.2, 0.25) is 0 Å². The summed E-state index contributed by atoms with van der Waals surface area (Å²) in [7, 11) is 1.07.